The number of rotatable bonds is 4. The van der Waals surface area contributed by atoms with Crippen molar-refractivity contribution in [2.24, 2.45) is 10.8 Å². The molecule has 0 aliphatic heterocycles. The molecule has 2 N–H and O–H groups in total. The molecule has 0 heterocycles. The lowest BCUT2D eigenvalue weighted by molar-refractivity contribution is -0.154. The van der Waals surface area contributed by atoms with Crippen molar-refractivity contribution in [3.8, 4) is 0 Å². The number of carboxylic acids is 1. The van der Waals surface area contributed by atoms with E-state index >= 15 is 0 Å². The normalized spacial score (nSPS) is 13.4. The van der Waals surface area contributed by atoms with Crippen molar-refractivity contribution in [3.05, 3.63) is 0 Å². The van der Waals surface area contributed by atoms with Gasteiger partial charge in [-0.2, -0.15) is 0 Å². The van der Waals surface area contributed by atoms with Gasteiger partial charge in [-0.25, -0.2) is 0 Å². The van der Waals surface area contributed by atoms with Gasteiger partial charge in [0.2, 0.25) is 5.91 Å². The van der Waals surface area contributed by atoms with E-state index in [1.54, 1.807) is 0 Å². The summed E-state index contributed by atoms with van der Waals surface area (Å²) in [6.07, 6.45) is 0.779. The van der Waals surface area contributed by atoms with E-state index in [0.717, 1.165) is 6.42 Å². The fourth-order valence-electron chi connectivity index (χ4n) is 1.93. The number of carbonyl (C=O) groups is 2. The summed E-state index contributed by atoms with van der Waals surface area (Å²) < 4.78 is 0. The molecule has 4 nitrogen and oxygen atoms in total. The van der Waals surface area contributed by atoms with Crippen LogP contribution in [0.25, 0.3) is 0 Å². The van der Waals surface area contributed by atoms with E-state index < -0.39 is 22.8 Å². The number of hydrogen-bond donors (Lipinski definition) is 2. The van der Waals surface area contributed by atoms with Crippen LogP contribution in [-0.2, 0) is 9.59 Å². The van der Waals surface area contributed by atoms with Crippen molar-refractivity contribution in [1.82, 2.24) is 5.32 Å². The zero-order chi connectivity index (χ0) is 14.1. The van der Waals surface area contributed by atoms with Gasteiger partial charge in [0.1, 0.15) is 5.41 Å². The molecule has 17 heavy (non-hydrogen) atoms. The van der Waals surface area contributed by atoms with Gasteiger partial charge in [0, 0.05) is 5.54 Å². The number of hydrogen-bond acceptors (Lipinski definition) is 2. The lowest BCUT2D eigenvalue weighted by Gasteiger charge is -2.35. The first-order valence-corrected chi connectivity index (χ1v) is 5.84. The monoisotopic (exact) mass is 243 g/mol. The highest BCUT2D eigenvalue weighted by Gasteiger charge is 2.39. The van der Waals surface area contributed by atoms with Gasteiger partial charge in [0.15, 0.2) is 0 Å². The molecule has 0 spiro atoms. The van der Waals surface area contributed by atoms with Crippen LogP contribution in [0.5, 0.6) is 0 Å². The molecular weight excluding hydrogens is 218 g/mol. The van der Waals surface area contributed by atoms with Gasteiger partial charge in [-0.15, -0.1) is 0 Å². The lowest BCUT2D eigenvalue weighted by Crippen LogP contribution is -2.52. The van der Waals surface area contributed by atoms with Crippen molar-refractivity contribution in [1.29, 1.82) is 0 Å². The van der Waals surface area contributed by atoms with Crippen LogP contribution in [0.1, 0.15) is 54.9 Å². The highest BCUT2D eigenvalue weighted by molar-refractivity contribution is 6.01. The topological polar surface area (TPSA) is 66.4 Å². The van der Waals surface area contributed by atoms with Crippen LogP contribution >= 0.6 is 0 Å². The molecule has 1 amide bonds. The highest BCUT2D eigenvalue weighted by Crippen LogP contribution is 2.28. The third-order valence-electron chi connectivity index (χ3n) is 2.53. The van der Waals surface area contributed by atoms with Crippen molar-refractivity contribution >= 4 is 11.9 Å². The molecule has 0 unspecified atom stereocenters. The number of nitrogens with one attached hydrogen (secondary N) is 1. The summed E-state index contributed by atoms with van der Waals surface area (Å²) in [7, 11) is 0. The predicted octanol–water partition coefficient (Wildman–Crippen LogP) is 2.43. The summed E-state index contributed by atoms with van der Waals surface area (Å²) in [5.41, 5.74) is -1.73. The second-order valence-electron chi connectivity index (χ2n) is 7.01. The third kappa shape index (κ3) is 5.20. The molecule has 0 fully saturated rings. The van der Waals surface area contributed by atoms with Gasteiger partial charge in [0.05, 0.1) is 0 Å². The first-order valence-electron chi connectivity index (χ1n) is 5.84. The molecule has 0 bridgehead atoms. The molecular formula is C13H25NO3. The molecule has 0 aromatic carbocycles. The van der Waals surface area contributed by atoms with Gasteiger partial charge in [-0.05, 0) is 39.5 Å². The SMILES string of the molecule is CC(C)(C)CC(C)(C)NC(=O)C(C)(C)C(=O)O. The molecule has 0 aliphatic carbocycles. The van der Waals surface area contributed by atoms with E-state index in [4.69, 9.17) is 5.11 Å². The smallest absolute Gasteiger partial charge is 0.318 e. The standard InChI is InChI=1S/C13H25NO3/c1-11(2,3)8-12(4,5)14-9(15)13(6,7)10(16)17/h8H2,1-7H3,(H,14,15)(H,16,17). The van der Waals surface area contributed by atoms with Crippen LogP contribution in [0, 0.1) is 10.8 Å². The molecule has 0 aliphatic rings. The Hall–Kier alpha value is -1.06. The predicted molar refractivity (Wildman–Crippen MR) is 67.7 cm³/mol. The van der Waals surface area contributed by atoms with Crippen molar-refractivity contribution < 1.29 is 14.7 Å². The Morgan fingerprint density at radius 2 is 1.41 bits per heavy atom. The highest BCUT2D eigenvalue weighted by atomic mass is 16.4. The first kappa shape index (κ1) is 15.9. The minimum Gasteiger partial charge on any atom is -0.480 e. The van der Waals surface area contributed by atoms with Crippen LogP contribution in [0.3, 0.4) is 0 Å². The summed E-state index contributed by atoms with van der Waals surface area (Å²) in [4.78, 5) is 22.9. The molecule has 0 radical (unpaired) electrons. The van der Waals surface area contributed by atoms with Crippen LogP contribution in [-0.4, -0.2) is 22.5 Å². The van der Waals surface area contributed by atoms with Crippen molar-refractivity contribution in [2.75, 3.05) is 0 Å². The first-order chi connectivity index (χ1) is 7.28. The second-order valence-corrected chi connectivity index (χ2v) is 7.01. The number of aliphatic carboxylic acids is 1. The Labute approximate surface area is 104 Å². The Morgan fingerprint density at radius 3 is 1.71 bits per heavy atom. The molecule has 100 valence electrons. The van der Waals surface area contributed by atoms with E-state index in [1.807, 2.05) is 13.8 Å². The largest absolute Gasteiger partial charge is 0.480 e. The summed E-state index contributed by atoms with van der Waals surface area (Å²) in [6, 6.07) is 0. The molecule has 0 rings (SSSR count). The van der Waals surface area contributed by atoms with E-state index in [-0.39, 0.29) is 5.41 Å². The Balaban J connectivity index is 4.74. The molecule has 0 saturated carbocycles. The molecule has 0 atom stereocenters. The summed E-state index contributed by atoms with van der Waals surface area (Å²) >= 11 is 0. The maximum atomic E-state index is 11.9. The van der Waals surface area contributed by atoms with E-state index in [9.17, 15) is 9.59 Å². The van der Waals surface area contributed by atoms with Crippen LogP contribution < -0.4 is 5.32 Å². The lowest BCUT2D eigenvalue weighted by atomic mass is 9.81. The molecule has 0 aromatic heterocycles. The summed E-state index contributed by atoms with van der Waals surface area (Å²) in [5.74, 6) is -1.55. The van der Waals surface area contributed by atoms with Crippen LogP contribution in [0.15, 0.2) is 0 Å². The van der Waals surface area contributed by atoms with E-state index in [0.29, 0.717) is 0 Å². The van der Waals surface area contributed by atoms with Crippen LogP contribution in [0.2, 0.25) is 0 Å². The molecule has 0 aromatic rings. The third-order valence-corrected chi connectivity index (χ3v) is 2.53. The average Bonchev–Trinajstić information content (AvgIpc) is 1.97. The number of carboxylic acid groups (broad SMARTS) is 1. The summed E-state index contributed by atoms with van der Waals surface area (Å²) in [5, 5.41) is 11.8. The van der Waals surface area contributed by atoms with Crippen LogP contribution in [0.4, 0.5) is 0 Å². The van der Waals surface area contributed by atoms with E-state index in [2.05, 4.69) is 26.1 Å². The average molecular weight is 243 g/mol. The quantitative estimate of drug-likeness (QED) is 0.745. The maximum Gasteiger partial charge on any atom is 0.318 e. The van der Waals surface area contributed by atoms with Crippen molar-refractivity contribution in [3.63, 3.8) is 0 Å². The van der Waals surface area contributed by atoms with Crippen molar-refractivity contribution in [2.45, 2.75) is 60.4 Å². The number of carbonyl (C=O) groups excluding carboxylic acids is 1. The van der Waals surface area contributed by atoms with Gasteiger partial charge in [-0.1, -0.05) is 20.8 Å². The Morgan fingerprint density at radius 1 is 1.00 bits per heavy atom. The minimum atomic E-state index is -1.39. The molecule has 4 heteroatoms. The summed E-state index contributed by atoms with van der Waals surface area (Å²) in [6.45, 7) is 12.9. The van der Waals surface area contributed by atoms with Gasteiger partial charge >= 0.3 is 5.97 Å². The minimum absolute atomic E-state index is 0.0736. The Kier molecular flexibility index (Phi) is 4.38. The fourth-order valence-corrected chi connectivity index (χ4v) is 1.93. The van der Waals surface area contributed by atoms with Gasteiger partial charge < -0.3 is 10.4 Å². The Bertz CT molecular complexity index is 311. The van der Waals surface area contributed by atoms with Gasteiger partial charge in [-0.3, -0.25) is 9.59 Å². The fraction of sp³-hybridized carbons (Fsp3) is 0.846. The zero-order valence-electron chi connectivity index (χ0n) is 12.0. The zero-order valence-corrected chi connectivity index (χ0v) is 12.0. The number of amides is 1. The second kappa shape index (κ2) is 4.67. The molecule has 0 saturated heterocycles. The van der Waals surface area contributed by atoms with Gasteiger partial charge in [0.25, 0.3) is 0 Å². The maximum absolute atomic E-state index is 11.9. The van der Waals surface area contributed by atoms with E-state index in [1.165, 1.54) is 13.8 Å².